The Bertz CT molecular complexity index is 207. The fraction of sp³-hybridized carbons (Fsp3) is 0.750. The van der Waals surface area contributed by atoms with Crippen molar-refractivity contribution in [3.05, 3.63) is 0 Å². The number of hydrogen-bond acceptors (Lipinski definition) is 3. The highest BCUT2D eigenvalue weighted by Crippen LogP contribution is 2.13. The van der Waals surface area contributed by atoms with E-state index in [0.717, 1.165) is 0 Å². The number of nitrogens with one attached hydrogen (secondary N) is 1. The Hall–Kier alpha value is -1.10. The zero-order valence-electron chi connectivity index (χ0n) is 7.87. The van der Waals surface area contributed by atoms with Crippen molar-refractivity contribution >= 4 is 11.8 Å². The van der Waals surface area contributed by atoms with E-state index >= 15 is 0 Å². The summed E-state index contributed by atoms with van der Waals surface area (Å²) in [6.45, 7) is 0.422. The molecule has 1 aliphatic rings. The number of amides is 2. The lowest BCUT2D eigenvalue weighted by Crippen LogP contribution is -2.43. The van der Waals surface area contributed by atoms with Crippen LogP contribution in [0.25, 0.3) is 0 Å². The first-order chi connectivity index (χ1) is 6.15. The van der Waals surface area contributed by atoms with E-state index in [-0.39, 0.29) is 17.7 Å². The van der Waals surface area contributed by atoms with Gasteiger partial charge < -0.3 is 5.32 Å². The average molecular weight is 186 g/mol. The molecule has 1 saturated heterocycles. The Balaban J connectivity index is 2.44. The highest BCUT2D eigenvalue weighted by Gasteiger charge is 2.26. The highest BCUT2D eigenvalue weighted by molar-refractivity contribution is 5.83. The topological polar surface area (TPSA) is 58.6 Å². The van der Waals surface area contributed by atoms with Gasteiger partial charge in [0.2, 0.25) is 5.91 Å². The van der Waals surface area contributed by atoms with Gasteiger partial charge >= 0.3 is 0 Å². The summed E-state index contributed by atoms with van der Waals surface area (Å²) in [6.07, 6.45) is 1.03. The molecule has 0 aromatic rings. The lowest BCUT2D eigenvalue weighted by Gasteiger charge is -2.24. The molecule has 0 bridgehead atoms. The van der Waals surface area contributed by atoms with Crippen LogP contribution in [0.5, 0.6) is 0 Å². The Morgan fingerprint density at radius 2 is 2.38 bits per heavy atom. The molecule has 5 heteroatoms. The number of hydroxylamine groups is 2. The molecular weight excluding hydrogens is 172 g/mol. The monoisotopic (exact) mass is 186 g/mol. The zero-order chi connectivity index (χ0) is 9.84. The fourth-order valence-corrected chi connectivity index (χ4v) is 1.29. The first-order valence-electron chi connectivity index (χ1n) is 4.23. The van der Waals surface area contributed by atoms with E-state index in [9.17, 15) is 9.59 Å². The summed E-state index contributed by atoms with van der Waals surface area (Å²) in [7, 11) is 3.01. The highest BCUT2D eigenvalue weighted by atomic mass is 16.7. The second kappa shape index (κ2) is 4.23. The van der Waals surface area contributed by atoms with Gasteiger partial charge in [0.1, 0.15) is 0 Å². The molecule has 1 fully saturated rings. The van der Waals surface area contributed by atoms with Crippen LogP contribution in [0.1, 0.15) is 12.8 Å². The van der Waals surface area contributed by atoms with Crippen LogP contribution < -0.4 is 5.32 Å². The van der Waals surface area contributed by atoms with Gasteiger partial charge in [0.05, 0.1) is 13.0 Å². The molecule has 1 N–H and O–H groups in total. The second-order valence-electron chi connectivity index (χ2n) is 3.06. The predicted octanol–water partition coefficient (Wildman–Crippen LogP) is -0.468. The van der Waals surface area contributed by atoms with Gasteiger partial charge in [0.15, 0.2) is 0 Å². The second-order valence-corrected chi connectivity index (χ2v) is 3.06. The largest absolute Gasteiger partial charge is 0.355 e. The Labute approximate surface area is 77.0 Å². The number of nitrogens with zero attached hydrogens (tertiary/aromatic N) is 1. The Morgan fingerprint density at radius 1 is 1.69 bits per heavy atom. The number of carbonyl (C=O) groups is 2. The van der Waals surface area contributed by atoms with E-state index in [1.165, 1.54) is 12.2 Å². The molecule has 1 rings (SSSR count). The number of carbonyl (C=O) groups excluding carboxylic acids is 2. The summed E-state index contributed by atoms with van der Waals surface area (Å²) in [5, 5.41) is 3.85. The van der Waals surface area contributed by atoms with Gasteiger partial charge in [-0.2, -0.15) is 0 Å². The third-order valence-corrected chi connectivity index (χ3v) is 2.20. The van der Waals surface area contributed by atoms with Gasteiger partial charge in [-0.1, -0.05) is 0 Å². The third kappa shape index (κ3) is 2.42. The summed E-state index contributed by atoms with van der Waals surface area (Å²) >= 11 is 0. The smallest absolute Gasteiger partial charge is 0.250 e. The normalized spacial score (nSPS) is 22.3. The number of piperidine rings is 1. The molecule has 0 saturated carbocycles. The molecular formula is C8H14N2O3. The van der Waals surface area contributed by atoms with Gasteiger partial charge in [0.25, 0.3) is 5.91 Å². The van der Waals surface area contributed by atoms with Gasteiger partial charge in [-0.25, -0.2) is 5.06 Å². The van der Waals surface area contributed by atoms with Crippen LogP contribution in [0, 0.1) is 5.92 Å². The lowest BCUT2D eigenvalue weighted by molar-refractivity contribution is -0.174. The van der Waals surface area contributed by atoms with Crippen molar-refractivity contribution in [2.75, 3.05) is 20.7 Å². The summed E-state index contributed by atoms with van der Waals surface area (Å²) in [5.41, 5.74) is 0. The Kier molecular flexibility index (Phi) is 3.25. The molecule has 5 nitrogen and oxygen atoms in total. The van der Waals surface area contributed by atoms with Crippen LogP contribution in [0.4, 0.5) is 0 Å². The van der Waals surface area contributed by atoms with E-state index in [1.807, 2.05) is 0 Å². The van der Waals surface area contributed by atoms with Gasteiger partial charge in [-0.05, 0) is 6.42 Å². The van der Waals surface area contributed by atoms with Gasteiger partial charge in [-0.15, -0.1) is 0 Å². The quantitative estimate of drug-likeness (QED) is 0.593. The van der Waals surface area contributed by atoms with E-state index in [2.05, 4.69) is 5.32 Å². The maximum atomic E-state index is 11.5. The van der Waals surface area contributed by atoms with Crippen LogP contribution in [-0.2, 0) is 14.4 Å². The standard InChI is InChI=1S/C8H14N2O3/c1-10(13-2)8(12)6-3-4-7(11)9-5-6/h6H,3-5H2,1-2H3,(H,9,11)/t6-/m0/s1. The van der Waals surface area contributed by atoms with E-state index in [0.29, 0.717) is 19.4 Å². The summed E-state index contributed by atoms with van der Waals surface area (Å²) in [4.78, 5) is 27.1. The van der Waals surface area contributed by atoms with E-state index < -0.39 is 0 Å². The summed E-state index contributed by atoms with van der Waals surface area (Å²) < 4.78 is 0. The van der Waals surface area contributed by atoms with Gasteiger partial charge in [-0.3, -0.25) is 14.4 Å². The first-order valence-corrected chi connectivity index (χ1v) is 4.23. The van der Waals surface area contributed by atoms with Crippen LogP contribution >= 0.6 is 0 Å². The molecule has 1 aliphatic heterocycles. The van der Waals surface area contributed by atoms with Crippen molar-refractivity contribution in [3.63, 3.8) is 0 Å². The van der Waals surface area contributed by atoms with Crippen LogP contribution in [0.15, 0.2) is 0 Å². The zero-order valence-corrected chi connectivity index (χ0v) is 7.87. The van der Waals surface area contributed by atoms with E-state index in [1.54, 1.807) is 7.05 Å². The van der Waals surface area contributed by atoms with Crippen molar-refractivity contribution in [2.24, 2.45) is 5.92 Å². The Morgan fingerprint density at radius 3 is 2.85 bits per heavy atom. The van der Waals surface area contributed by atoms with Gasteiger partial charge in [0, 0.05) is 20.0 Å². The van der Waals surface area contributed by atoms with Crippen molar-refractivity contribution in [2.45, 2.75) is 12.8 Å². The first kappa shape index (κ1) is 9.98. The molecule has 0 spiro atoms. The minimum Gasteiger partial charge on any atom is -0.355 e. The van der Waals surface area contributed by atoms with Crippen LogP contribution in [-0.4, -0.2) is 37.6 Å². The fourth-order valence-electron chi connectivity index (χ4n) is 1.29. The van der Waals surface area contributed by atoms with Crippen molar-refractivity contribution in [1.29, 1.82) is 0 Å². The molecule has 0 radical (unpaired) electrons. The number of rotatable bonds is 2. The molecule has 74 valence electrons. The van der Waals surface area contributed by atoms with Crippen molar-refractivity contribution < 1.29 is 14.4 Å². The maximum absolute atomic E-state index is 11.5. The lowest BCUT2D eigenvalue weighted by atomic mass is 9.98. The third-order valence-electron chi connectivity index (χ3n) is 2.20. The number of hydrogen-bond donors (Lipinski definition) is 1. The maximum Gasteiger partial charge on any atom is 0.250 e. The van der Waals surface area contributed by atoms with Crippen molar-refractivity contribution in [3.8, 4) is 0 Å². The predicted molar refractivity (Wildman–Crippen MR) is 45.5 cm³/mol. The minimum atomic E-state index is -0.136. The average Bonchev–Trinajstić information content (AvgIpc) is 2.17. The molecule has 0 unspecified atom stereocenters. The molecule has 0 aromatic carbocycles. The van der Waals surface area contributed by atoms with E-state index in [4.69, 9.17) is 4.84 Å². The molecule has 1 heterocycles. The van der Waals surface area contributed by atoms with Crippen molar-refractivity contribution in [1.82, 2.24) is 10.4 Å². The molecule has 2 amide bonds. The van der Waals surface area contributed by atoms with Crippen LogP contribution in [0.2, 0.25) is 0 Å². The summed E-state index contributed by atoms with van der Waals surface area (Å²) in [5.74, 6) is -0.200. The van der Waals surface area contributed by atoms with Crippen LogP contribution in [0.3, 0.4) is 0 Å². The minimum absolute atomic E-state index is 0.0177. The molecule has 0 aromatic heterocycles. The molecule has 0 aliphatic carbocycles. The molecule has 13 heavy (non-hydrogen) atoms. The molecule has 1 atom stereocenters. The summed E-state index contributed by atoms with van der Waals surface area (Å²) in [6, 6.07) is 0. The SMILES string of the molecule is CON(C)C(=O)[C@H]1CCC(=O)NC1.